The first-order valence-electron chi connectivity index (χ1n) is 7.54. The summed E-state index contributed by atoms with van der Waals surface area (Å²) in [6, 6.07) is 12.0. The summed E-state index contributed by atoms with van der Waals surface area (Å²) in [5.41, 5.74) is 3.25. The Kier molecular flexibility index (Phi) is 4.10. The molecule has 0 spiro atoms. The average Bonchev–Trinajstić information content (AvgIpc) is 2.90. The van der Waals surface area contributed by atoms with Crippen LogP contribution in [0.1, 0.15) is 25.5 Å². The van der Waals surface area contributed by atoms with Crippen molar-refractivity contribution in [3.05, 3.63) is 60.2 Å². The van der Waals surface area contributed by atoms with Crippen LogP contribution in [0.15, 0.2) is 48.8 Å². The monoisotopic (exact) mass is 311 g/mol. The molecule has 0 aliphatic heterocycles. The van der Waals surface area contributed by atoms with Gasteiger partial charge < -0.3 is 9.88 Å². The van der Waals surface area contributed by atoms with Gasteiger partial charge in [0.1, 0.15) is 5.82 Å². The van der Waals surface area contributed by atoms with E-state index < -0.39 is 0 Å². The van der Waals surface area contributed by atoms with Crippen LogP contribution in [-0.2, 0) is 11.2 Å². The lowest BCUT2D eigenvalue weighted by Crippen LogP contribution is -2.14. The topological polar surface area (TPSA) is 46.9 Å². The van der Waals surface area contributed by atoms with Crippen molar-refractivity contribution in [2.45, 2.75) is 26.3 Å². The summed E-state index contributed by atoms with van der Waals surface area (Å²) in [7, 11) is 0. The van der Waals surface area contributed by atoms with Crippen LogP contribution in [0.25, 0.3) is 11.0 Å². The number of benzene rings is 2. The molecule has 0 aliphatic carbocycles. The Labute approximate surface area is 134 Å². The van der Waals surface area contributed by atoms with Crippen LogP contribution in [0.5, 0.6) is 0 Å². The molecule has 1 N–H and O–H groups in total. The minimum absolute atomic E-state index is 0.182. The van der Waals surface area contributed by atoms with Gasteiger partial charge in [-0.2, -0.15) is 0 Å². The fourth-order valence-corrected chi connectivity index (χ4v) is 2.56. The lowest BCUT2D eigenvalue weighted by molar-refractivity contribution is -0.115. The van der Waals surface area contributed by atoms with Gasteiger partial charge in [0.15, 0.2) is 0 Å². The molecule has 0 saturated heterocycles. The molecule has 4 nitrogen and oxygen atoms in total. The molecule has 0 radical (unpaired) electrons. The maximum Gasteiger partial charge on any atom is 0.228 e. The molecular formula is C18H18FN3O. The van der Waals surface area contributed by atoms with Crippen molar-refractivity contribution in [3.63, 3.8) is 0 Å². The van der Waals surface area contributed by atoms with E-state index in [4.69, 9.17) is 0 Å². The van der Waals surface area contributed by atoms with Crippen molar-refractivity contribution in [1.29, 1.82) is 0 Å². The molecule has 3 aromatic rings. The predicted octanol–water partition coefficient (Wildman–Crippen LogP) is 3.94. The molecule has 0 saturated carbocycles. The fraction of sp³-hybridized carbons (Fsp3) is 0.222. The summed E-state index contributed by atoms with van der Waals surface area (Å²) in [4.78, 5) is 16.5. The standard InChI is InChI=1S/C18H18FN3O/c1-12(2)22-11-20-16-8-13(6-7-17(16)22)9-18(23)21-15-5-3-4-14(19)10-15/h3-8,10-12H,9H2,1-2H3,(H,21,23). The third-order valence-electron chi connectivity index (χ3n) is 3.67. The summed E-state index contributed by atoms with van der Waals surface area (Å²) in [6.45, 7) is 4.20. The van der Waals surface area contributed by atoms with Crippen LogP contribution >= 0.6 is 0 Å². The molecule has 1 amide bonds. The highest BCUT2D eigenvalue weighted by Crippen LogP contribution is 2.19. The number of rotatable bonds is 4. The third kappa shape index (κ3) is 3.39. The van der Waals surface area contributed by atoms with Gasteiger partial charge in [0, 0.05) is 11.7 Å². The van der Waals surface area contributed by atoms with Crippen LogP contribution in [0.2, 0.25) is 0 Å². The first kappa shape index (κ1) is 15.2. The first-order chi connectivity index (χ1) is 11.0. The zero-order chi connectivity index (χ0) is 16.4. The second-order valence-corrected chi connectivity index (χ2v) is 5.80. The SMILES string of the molecule is CC(C)n1cnc2cc(CC(=O)Nc3cccc(F)c3)ccc21. The Hall–Kier alpha value is -2.69. The van der Waals surface area contributed by atoms with E-state index in [9.17, 15) is 9.18 Å². The van der Waals surface area contributed by atoms with Crippen LogP contribution < -0.4 is 5.32 Å². The summed E-state index contributed by atoms with van der Waals surface area (Å²) in [5, 5.41) is 2.70. The van der Waals surface area contributed by atoms with Crippen molar-refractivity contribution in [2.24, 2.45) is 0 Å². The Morgan fingerprint density at radius 1 is 1.26 bits per heavy atom. The van der Waals surface area contributed by atoms with Crippen molar-refractivity contribution >= 4 is 22.6 Å². The number of carbonyl (C=O) groups excluding carboxylic acids is 1. The lowest BCUT2D eigenvalue weighted by Gasteiger charge is -2.08. The van der Waals surface area contributed by atoms with E-state index in [1.54, 1.807) is 12.1 Å². The van der Waals surface area contributed by atoms with Crippen LogP contribution in [0.3, 0.4) is 0 Å². The number of nitrogens with zero attached hydrogens (tertiary/aromatic N) is 2. The van der Waals surface area contributed by atoms with Crippen molar-refractivity contribution in [2.75, 3.05) is 5.32 Å². The van der Waals surface area contributed by atoms with Gasteiger partial charge in [-0.25, -0.2) is 9.37 Å². The number of aromatic nitrogens is 2. The summed E-state index contributed by atoms with van der Waals surface area (Å²) >= 11 is 0. The zero-order valence-corrected chi connectivity index (χ0v) is 13.1. The van der Waals surface area contributed by atoms with Gasteiger partial charge >= 0.3 is 0 Å². The second-order valence-electron chi connectivity index (χ2n) is 5.80. The van der Waals surface area contributed by atoms with E-state index in [2.05, 4.69) is 28.7 Å². The lowest BCUT2D eigenvalue weighted by atomic mass is 10.1. The second kappa shape index (κ2) is 6.20. The molecule has 118 valence electrons. The van der Waals surface area contributed by atoms with Gasteiger partial charge in [0.05, 0.1) is 23.8 Å². The molecule has 0 bridgehead atoms. The molecule has 5 heteroatoms. The quantitative estimate of drug-likeness (QED) is 0.793. The van der Waals surface area contributed by atoms with E-state index >= 15 is 0 Å². The molecular weight excluding hydrogens is 293 g/mol. The van der Waals surface area contributed by atoms with Crippen LogP contribution in [0, 0.1) is 5.82 Å². The molecule has 0 fully saturated rings. The average molecular weight is 311 g/mol. The highest BCUT2D eigenvalue weighted by atomic mass is 19.1. The molecule has 0 unspecified atom stereocenters. The summed E-state index contributed by atoms with van der Waals surface area (Å²) in [5.74, 6) is -0.554. The highest BCUT2D eigenvalue weighted by Gasteiger charge is 2.09. The Morgan fingerprint density at radius 3 is 2.83 bits per heavy atom. The molecule has 23 heavy (non-hydrogen) atoms. The van der Waals surface area contributed by atoms with E-state index in [1.807, 2.05) is 24.5 Å². The maximum absolute atomic E-state index is 13.1. The normalized spacial score (nSPS) is 11.1. The van der Waals surface area contributed by atoms with Crippen molar-refractivity contribution < 1.29 is 9.18 Å². The van der Waals surface area contributed by atoms with Gasteiger partial charge in [0.25, 0.3) is 0 Å². The molecule has 2 aromatic carbocycles. The van der Waals surface area contributed by atoms with E-state index in [0.717, 1.165) is 16.6 Å². The molecule has 0 atom stereocenters. The molecule has 0 aliphatic rings. The number of imidazole rings is 1. The number of fused-ring (bicyclic) bond motifs is 1. The molecule has 3 rings (SSSR count). The number of amides is 1. The fourth-order valence-electron chi connectivity index (χ4n) is 2.56. The smallest absolute Gasteiger partial charge is 0.228 e. The number of carbonyl (C=O) groups is 1. The predicted molar refractivity (Wildman–Crippen MR) is 88.9 cm³/mol. The highest BCUT2D eigenvalue weighted by molar-refractivity contribution is 5.92. The van der Waals surface area contributed by atoms with Gasteiger partial charge in [-0.1, -0.05) is 12.1 Å². The number of halogens is 1. The zero-order valence-electron chi connectivity index (χ0n) is 13.1. The summed E-state index contributed by atoms with van der Waals surface area (Å²) < 4.78 is 15.2. The molecule has 1 heterocycles. The van der Waals surface area contributed by atoms with Gasteiger partial charge in [-0.05, 0) is 49.7 Å². The number of hydrogen-bond acceptors (Lipinski definition) is 2. The Bertz CT molecular complexity index is 854. The minimum Gasteiger partial charge on any atom is -0.328 e. The maximum atomic E-state index is 13.1. The minimum atomic E-state index is -0.372. The van der Waals surface area contributed by atoms with Gasteiger partial charge in [-0.3, -0.25) is 4.79 Å². The van der Waals surface area contributed by atoms with Crippen molar-refractivity contribution in [1.82, 2.24) is 9.55 Å². The van der Waals surface area contributed by atoms with Gasteiger partial charge in [-0.15, -0.1) is 0 Å². The van der Waals surface area contributed by atoms with E-state index in [1.165, 1.54) is 12.1 Å². The van der Waals surface area contributed by atoms with Crippen LogP contribution in [0.4, 0.5) is 10.1 Å². The first-order valence-corrected chi connectivity index (χ1v) is 7.54. The Balaban J connectivity index is 1.75. The van der Waals surface area contributed by atoms with Gasteiger partial charge in [0.2, 0.25) is 5.91 Å². The van der Waals surface area contributed by atoms with Crippen LogP contribution in [-0.4, -0.2) is 15.5 Å². The summed E-state index contributed by atoms with van der Waals surface area (Å²) in [6.07, 6.45) is 2.03. The number of hydrogen-bond donors (Lipinski definition) is 1. The van der Waals surface area contributed by atoms with E-state index in [-0.39, 0.29) is 18.1 Å². The third-order valence-corrected chi connectivity index (χ3v) is 3.67. The van der Waals surface area contributed by atoms with E-state index in [0.29, 0.717) is 11.7 Å². The number of anilines is 1. The number of nitrogens with one attached hydrogen (secondary N) is 1. The molecule has 1 aromatic heterocycles. The largest absolute Gasteiger partial charge is 0.328 e. The Morgan fingerprint density at radius 2 is 2.09 bits per heavy atom. The van der Waals surface area contributed by atoms with Crippen molar-refractivity contribution in [3.8, 4) is 0 Å².